The Morgan fingerprint density at radius 1 is 1.11 bits per heavy atom. The predicted molar refractivity (Wildman–Crippen MR) is 76.7 cm³/mol. The summed E-state index contributed by atoms with van der Waals surface area (Å²) >= 11 is 1.95. The molecule has 0 bridgehead atoms. The zero-order chi connectivity index (χ0) is 13.0. The van der Waals surface area contributed by atoms with E-state index in [-0.39, 0.29) is 11.5 Å². The van der Waals surface area contributed by atoms with Crippen LogP contribution in [0.5, 0.6) is 0 Å². The topological polar surface area (TPSA) is 29.1 Å². The van der Waals surface area contributed by atoms with Crippen LogP contribution in [0, 0.1) is 9.39 Å². The molecule has 2 aromatic carbocycles. The number of nitrogens with one attached hydrogen (secondary N) is 1. The van der Waals surface area contributed by atoms with Crippen LogP contribution < -0.4 is 5.32 Å². The molecule has 0 aliphatic carbocycles. The maximum Gasteiger partial charge on any atom is 0.255 e. The van der Waals surface area contributed by atoms with Gasteiger partial charge in [-0.25, -0.2) is 4.39 Å². The number of hydrogen-bond acceptors (Lipinski definition) is 1. The van der Waals surface area contributed by atoms with Gasteiger partial charge < -0.3 is 5.32 Å². The van der Waals surface area contributed by atoms with Gasteiger partial charge in [-0.1, -0.05) is 36.4 Å². The summed E-state index contributed by atoms with van der Waals surface area (Å²) in [6.45, 7) is 0.393. The number of carbonyl (C=O) groups excluding carboxylic acids is 1. The summed E-state index contributed by atoms with van der Waals surface area (Å²) in [6.07, 6.45) is 0. The van der Waals surface area contributed by atoms with Crippen molar-refractivity contribution in [1.82, 2.24) is 5.32 Å². The summed E-state index contributed by atoms with van der Waals surface area (Å²) in [5, 5.41) is 2.71. The molecule has 0 saturated carbocycles. The van der Waals surface area contributed by atoms with Gasteiger partial charge in [-0.2, -0.15) is 0 Å². The second-order valence-electron chi connectivity index (χ2n) is 3.76. The van der Waals surface area contributed by atoms with Crippen LogP contribution >= 0.6 is 22.6 Å². The lowest BCUT2D eigenvalue weighted by molar-refractivity contribution is 0.0946. The van der Waals surface area contributed by atoms with Gasteiger partial charge in [-0.15, -0.1) is 0 Å². The SMILES string of the molecule is O=C(NCc1ccccc1)c1c(F)cccc1I. The molecule has 0 atom stereocenters. The highest BCUT2D eigenvalue weighted by Crippen LogP contribution is 2.15. The van der Waals surface area contributed by atoms with E-state index in [1.165, 1.54) is 6.07 Å². The van der Waals surface area contributed by atoms with Gasteiger partial charge in [0.15, 0.2) is 0 Å². The molecule has 0 heterocycles. The lowest BCUT2D eigenvalue weighted by atomic mass is 10.2. The minimum atomic E-state index is -0.493. The molecule has 0 aromatic heterocycles. The maximum atomic E-state index is 13.6. The van der Waals surface area contributed by atoms with E-state index in [9.17, 15) is 9.18 Å². The van der Waals surface area contributed by atoms with E-state index in [1.54, 1.807) is 12.1 Å². The molecule has 2 aromatic rings. The van der Waals surface area contributed by atoms with Crippen LogP contribution in [0.2, 0.25) is 0 Å². The Labute approximate surface area is 118 Å². The number of rotatable bonds is 3. The van der Waals surface area contributed by atoms with Gasteiger partial charge in [0, 0.05) is 10.1 Å². The first-order valence-electron chi connectivity index (χ1n) is 5.44. The second kappa shape index (κ2) is 5.95. The van der Waals surface area contributed by atoms with E-state index >= 15 is 0 Å². The second-order valence-corrected chi connectivity index (χ2v) is 4.93. The van der Waals surface area contributed by atoms with Gasteiger partial charge in [-0.05, 0) is 40.3 Å². The molecular formula is C14H11FINO. The highest BCUT2D eigenvalue weighted by atomic mass is 127. The van der Waals surface area contributed by atoms with E-state index in [1.807, 2.05) is 52.9 Å². The Morgan fingerprint density at radius 3 is 2.50 bits per heavy atom. The van der Waals surface area contributed by atoms with E-state index < -0.39 is 5.82 Å². The third-order valence-electron chi connectivity index (χ3n) is 2.49. The Balaban J connectivity index is 2.09. The molecule has 0 fully saturated rings. The molecule has 1 N–H and O–H groups in total. The molecule has 92 valence electrons. The minimum Gasteiger partial charge on any atom is -0.348 e. The molecule has 2 nitrogen and oxygen atoms in total. The molecule has 0 aliphatic heterocycles. The number of hydrogen-bond donors (Lipinski definition) is 1. The van der Waals surface area contributed by atoms with Gasteiger partial charge in [-0.3, -0.25) is 4.79 Å². The molecule has 2 rings (SSSR count). The van der Waals surface area contributed by atoms with Crippen LogP contribution in [0.15, 0.2) is 48.5 Å². The Kier molecular flexibility index (Phi) is 4.30. The van der Waals surface area contributed by atoms with Crippen LogP contribution in [0.1, 0.15) is 15.9 Å². The summed E-state index contributed by atoms with van der Waals surface area (Å²) in [7, 11) is 0. The third-order valence-corrected chi connectivity index (χ3v) is 3.38. The van der Waals surface area contributed by atoms with Crippen LogP contribution in [0.25, 0.3) is 0 Å². The highest BCUT2D eigenvalue weighted by molar-refractivity contribution is 14.1. The standard InChI is InChI=1S/C14H11FINO/c15-11-7-4-8-12(16)13(11)14(18)17-9-10-5-2-1-3-6-10/h1-8H,9H2,(H,17,18). The normalized spacial score (nSPS) is 10.1. The lowest BCUT2D eigenvalue weighted by Crippen LogP contribution is -2.24. The van der Waals surface area contributed by atoms with Gasteiger partial charge >= 0.3 is 0 Å². The molecule has 0 unspecified atom stereocenters. The fourth-order valence-corrected chi connectivity index (χ4v) is 2.29. The predicted octanol–water partition coefficient (Wildman–Crippen LogP) is 3.36. The van der Waals surface area contributed by atoms with E-state index in [0.717, 1.165) is 5.56 Å². The summed E-state index contributed by atoms with van der Waals surface area (Å²) in [6, 6.07) is 14.1. The Morgan fingerprint density at radius 2 is 1.83 bits per heavy atom. The van der Waals surface area contributed by atoms with Crippen molar-refractivity contribution in [2.45, 2.75) is 6.54 Å². The average Bonchev–Trinajstić information content (AvgIpc) is 2.37. The Hall–Kier alpha value is -1.43. The van der Waals surface area contributed by atoms with Crippen molar-refractivity contribution in [3.05, 3.63) is 69.0 Å². The first-order valence-corrected chi connectivity index (χ1v) is 6.52. The van der Waals surface area contributed by atoms with Crippen molar-refractivity contribution in [1.29, 1.82) is 0 Å². The van der Waals surface area contributed by atoms with Crippen molar-refractivity contribution >= 4 is 28.5 Å². The number of halogens is 2. The first kappa shape index (κ1) is 13.0. The largest absolute Gasteiger partial charge is 0.348 e. The van der Waals surface area contributed by atoms with E-state index in [2.05, 4.69) is 5.32 Å². The number of benzene rings is 2. The summed E-state index contributed by atoms with van der Waals surface area (Å²) in [5.74, 6) is -0.881. The zero-order valence-corrected chi connectivity index (χ0v) is 11.6. The third kappa shape index (κ3) is 3.07. The van der Waals surface area contributed by atoms with Crippen LogP contribution in [0.3, 0.4) is 0 Å². The van der Waals surface area contributed by atoms with Gasteiger partial charge in [0.05, 0.1) is 5.56 Å². The van der Waals surface area contributed by atoms with Gasteiger partial charge in [0.2, 0.25) is 0 Å². The van der Waals surface area contributed by atoms with Crippen molar-refractivity contribution in [2.24, 2.45) is 0 Å². The molecule has 0 spiro atoms. The number of carbonyl (C=O) groups is 1. The van der Waals surface area contributed by atoms with Gasteiger partial charge in [0.25, 0.3) is 5.91 Å². The van der Waals surface area contributed by atoms with Crippen LogP contribution in [0.4, 0.5) is 4.39 Å². The number of amides is 1. The van der Waals surface area contributed by atoms with E-state index in [4.69, 9.17) is 0 Å². The average molecular weight is 355 g/mol. The Bertz CT molecular complexity index is 537. The molecule has 4 heteroatoms. The zero-order valence-electron chi connectivity index (χ0n) is 9.49. The first-order chi connectivity index (χ1) is 8.68. The fraction of sp³-hybridized carbons (Fsp3) is 0.0714. The maximum absolute atomic E-state index is 13.6. The quantitative estimate of drug-likeness (QED) is 0.841. The van der Waals surface area contributed by atoms with Gasteiger partial charge in [0.1, 0.15) is 5.82 Å². The molecule has 0 aliphatic rings. The van der Waals surface area contributed by atoms with Crippen LogP contribution in [-0.4, -0.2) is 5.91 Å². The van der Waals surface area contributed by atoms with Crippen LogP contribution in [-0.2, 0) is 6.54 Å². The van der Waals surface area contributed by atoms with Crippen molar-refractivity contribution in [3.8, 4) is 0 Å². The van der Waals surface area contributed by atoms with Crippen molar-refractivity contribution in [2.75, 3.05) is 0 Å². The molecule has 1 amide bonds. The summed E-state index contributed by atoms with van der Waals surface area (Å²) < 4.78 is 14.2. The van der Waals surface area contributed by atoms with Crippen molar-refractivity contribution < 1.29 is 9.18 Å². The summed E-state index contributed by atoms with van der Waals surface area (Å²) in [4.78, 5) is 11.9. The summed E-state index contributed by atoms with van der Waals surface area (Å²) in [5.41, 5.74) is 1.09. The highest BCUT2D eigenvalue weighted by Gasteiger charge is 2.14. The van der Waals surface area contributed by atoms with Crippen molar-refractivity contribution in [3.63, 3.8) is 0 Å². The van der Waals surface area contributed by atoms with E-state index in [0.29, 0.717) is 10.1 Å². The fourth-order valence-electron chi connectivity index (χ4n) is 1.58. The lowest BCUT2D eigenvalue weighted by Gasteiger charge is -2.07. The smallest absolute Gasteiger partial charge is 0.255 e. The monoisotopic (exact) mass is 355 g/mol. The molecule has 18 heavy (non-hydrogen) atoms. The molecule has 0 saturated heterocycles. The molecule has 0 radical (unpaired) electrons. The minimum absolute atomic E-state index is 0.106. The molecular weight excluding hydrogens is 344 g/mol.